The number of rotatable bonds is 5. The summed E-state index contributed by atoms with van der Waals surface area (Å²) in [5.74, 6) is 3.12. The van der Waals surface area contributed by atoms with Gasteiger partial charge in [-0.1, -0.05) is 44.2 Å². The van der Waals surface area contributed by atoms with Gasteiger partial charge < -0.3 is 4.57 Å². The van der Waals surface area contributed by atoms with Gasteiger partial charge in [-0.25, -0.2) is 9.97 Å². The molecule has 1 N–H and O–H groups in total. The van der Waals surface area contributed by atoms with E-state index >= 15 is 0 Å². The third kappa shape index (κ3) is 2.93. The van der Waals surface area contributed by atoms with Crippen LogP contribution < -0.4 is 0 Å². The zero-order valence-corrected chi connectivity index (χ0v) is 13.2. The molecule has 5 heteroatoms. The van der Waals surface area contributed by atoms with E-state index in [1.807, 2.05) is 30.6 Å². The molecule has 22 heavy (non-hydrogen) atoms. The van der Waals surface area contributed by atoms with E-state index in [-0.39, 0.29) is 6.04 Å². The molecule has 114 valence electrons. The lowest BCUT2D eigenvalue weighted by Crippen LogP contribution is -2.12. The topological polar surface area (TPSA) is 59.4 Å². The lowest BCUT2D eigenvalue weighted by atomic mass is 10.1. The Bertz CT molecular complexity index is 726. The zero-order valence-electron chi connectivity index (χ0n) is 13.2. The van der Waals surface area contributed by atoms with Crippen LogP contribution in [0.3, 0.4) is 0 Å². The number of nitrogens with one attached hydrogen (secondary N) is 1. The molecule has 0 aliphatic rings. The maximum absolute atomic E-state index is 4.65. The second-order valence-electron chi connectivity index (χ2n) is 5.83. The van der Waals surface area contributed by atoms with Crippen LogP contribution in [-0.4, -0.2) is 24.7 Å². The first-order chi connectivity index (χ1) is 10.6. The average Bonchev–Trinajstić information content (AvgIpc) is 3.16. The molecule has 1 aromatic carbocycles. The molecule has 2 heterocycles. The molecule has 0 saturated carbocycles. The average molecular weight is 295 g/mol. The molecule has 1 atom stereocenters. The summed E-state index contributed by atoms with van der Waals surface area (Å²) in [7, 11) is 0. The van der Waals surface area contributed by atoms with Crippen LogP contribution in [-0.2, 0) is 6.42 Å². The lowest BCUT2D eigenvalue weighted by Gasteiger charge is -2.15. The highest BCUT2D eigenvalue weighted by molar-refractivity contribution is 5.19. The number of aromatic nitrogens is 5. The Morgan fingerprint density at radius 3 is 2.64 bits per heavy atom. The summed E-state index contributed by atoms with van der Waals surface area (Å²) in [5, 5.41) is 7.43. The van der Waals surface area contributed by atoms with Crippen LogP contribution in [0.25, 0.3) is 0 Å². The maximum atomic E-state index is 4.65. The van der Waals surface area contributed by atoms with E-state index < -0.39 is 0 Å². The molecule has 3 aromatic rings. The van der Waals surface area contributed by atoms with Gasteiger partial charge in [-0.2, -0.15) is 5.10 Å². The van der Waals surface area contributed by atoms with E-state index in [0.717, 1.165) is 23.9 Å². The molecule has 0 bridgehead atoms. The van der Waals surface area contributed by atoms with Crippen molar-refractivity contribution in [2.24, 2.45) is 0 Å². The molecule has 0 radical (unpaired) electrons. The first-order valence-electron chi connectivity index (χ1n) is 7.63. The molecule has 0 aliphatic heterocycles. The van der Waals surface area contributed by atoms with Gasteiger partial charge in [0.25, 0.3) is 0 Å². The summed E-state index contributed by atoms with van der Waals surface area (Å²) in [5.41, 5.74) is 1.23. The van der Waals surface area contributed by atoms with Crippen LogP contribution in [0.5, 0.6) is 0 Å². The minimum Gasteiger partial charge on any atom is -0.324 e. The van der Waals surface area contributed by atoms with Crippen LogP contribution in [0.4, 0.5) is 0 Å². The number of hydrogen-bond acceptors (Lipinski definition) is 3. The van der Waals surface area contributed by atoms with E-state index in [9.17, 15) is 0 Å². The van der Waals surface area contributed by atoms with Gasteiger partial charge in [-0.15, -0.1) is 0 Å². The fraction of sp³-hybridized carbons (Fsp3) is 0.353. The number of benzene rings is 1. The van der Waals surface area contributed by atoms with Gasteiger partial charge in [-0.3, -0.25) is 5.10 Å². The van der Waals surface area contributed by atoms with E-state index in [2.05, 4.69) is 57.6 Å². The van der Waals surface area contributed by atoms with Crippen molar-refractivity contribution >= 4 is 0 Å². The molecule has 0 aliphatic carbocycles. The Morgan fingerprint density at radius 1 is 1.14 bits per heavy atom. The highest BCUT2D eigenvalue weighted by Crippen LogP contribution is 2.21. The number of hydrogen-bond donors (Lipinski definition) is 1. The zero-order chi connectivity index (χ0) is 15.5. The lowest BCUT2D eigenvalue weighted by molar-refractivity contribution is 0.554. The largest absolute Gasteiger partial charge is 0.324 e. The van der Waals surface area contributed by atoms with Crippen molar-refractivity contribution in [2.75, 3.05) is 0 Å². The Labute approximate surface area is 130 Å². The first-order valence-corrected chi connectivity index (χ1v) is 7.63. The molecule has 0 saturated heterocycles. The van der Waals surface area contributed by atoms with Crippen molar-refractivity contribution in [3.8, 4) is 0 Å². The Kier molecular flexibility index (Phi) is 4.04. The third-order valence-electron chi connectivity index (χ3n) is 3.77. The molecule has 0 fully saturated rings. The van der Waals surface area contributed by atoms with Gasteiger partial charge >= 0.3 is 0 Å². The summed E-state index contributed by atoms with van der Waals surface area (Å²) in [6.07, 6.45) is 4.60. The minimum atomic E-state index is 0.0701. The second-order valence-corrected chi connectivity index (χ2v) is 5.83. The summed E-state index contributed by atoms with van der Waals surface area (Å²) in [6, 6.07) is 10.4. The molecule has 0 unspecified atom stereocenters. The van der Waals surface area contributed by atoms with Gasteiger partial charge in [0.1, 0.15) is 11.6 Å². The van der Waals surface area contributed by atoms with Gasteiger partial charge in [-0.05, 0) is 12.5 Å². The van der Waals surface area contributed by atoms with Crippen LogP contribution in [0.15, 0.2) is 42.7 Å². The predicted octanol–water partition coefficient (Wildman–Crippen LogP) is 3.32. The molecular weight excluding hydrogens is 274 g/mol. The van der Waals surface area contributed by atoms with E-state index in [0.29, 0.717) is 5.92 Å². The van der Waals surface area contributed by atoms with Gasteiger partial charge in [0.05, 0.1) is 6.04 Å². The Morgan fingerprint density at radius 2 is 1.91 bits per heavy atom. The van der Waals surface area contributed by atoms with Gasteiger partial charge in [0.2, 0.25) is 0 Å². The number of imidazole rings is 1. The van der Waals surface area contributed by atoms with Crippen LogP contribution in [0.2, 0.25) is 0 Å². The van der Waals surface area contributed by atoms with Crippen molar-refractivity contribution in [2.45, 2.75) is 39.2 Å². The predicted molar refractivity (Wildman–Crippen MR) is 85.8 cm³/mol. The van der Waals surface area contributed by atoms with Crippen LogP contribution >= 0.6 is 0 Å². The monoisotopic (exact) mass is 295 g/mol. The van der Waals surface area contributed by atoms with E-state index in [4.69, 9.17) is 0 Å². The molecular formula is C17H21N5. The van der Waals surface area contributed by atoms with Crippen molar-refractivity contribution in [1.82, 2.24) is 24.7 Å². The molecule has 3 rings (SSSR count). The smallest absolute Gasteiger partial charge is 0.173 e. The Balaban J connectivity index is 1.80. The van der Waals surface area contributed by atoms with E-state index in [1.54, 1.807) is 0 Å². The first kappa shape index (κ1) is 14.5. The fourth-order valence-electron chi connectivity index (χ4n) is 2.59. The quantitative estimate of drug-likeness (QED) is 0.785. The maximum Gasteiger partial charge on any atom is 0.173 e. The summed E-state index contributed by atoms with van der Waals surface area (Å²) < 4.78 is 2.14. The minimum absolute atomic E-state index is 0.0701. The van der Waals surface area contributed by atoms with Gasteiger partial charge in [0.15, 0.2) is 5.82 Å². The van der Waals surface area contributed by atoms with Gasteiger partial charge in [0, 0.05) is 24.7 Å². The van der Waals surface area contributed by atoms with Crippen molar-refractivity contribution in [3.63, 3.8) is 0 Å². The van der Waals surface area contributed by atoms with Crippen LogP contribution in [0, 0.1) is 0 Å². The highest BCUT2D eigenvalue weighted by Gasteiger charge is 2.18. The van der Waals surface area contributed by atoms with Crippen molar-refractivity contribution in [3.05, 3.63) is 65.8 Å². The molecule has 5 nitrogen and oxygen atoms in total. The summed E-state index contributed by atoms with van der Waals surface area (Å²) in [4.78, 5) is 9.08. The fourth-order valence-corrected chi connectivity index (χ4v) is 2.59. The van der Waals surface area contributed by atoms with E-state index in [1.165, 1.54) is 5.56 Å². The normalized spacial score (nSPS) is 12.7. The third-order valence-corrected chi connectivity index (χ3v) is 3.77. The van der Waals surface area contributed by atoms with Crippen molar-refractivity contribution in [1.29, 1.82) is 0 Å². The number of aromatic amines is 1. The number of nitrogens with zero attached hydrogens (tertiary/aromatic N) is 4. The standard InChI is InChI=1S/C17H21N5/c1-12(2)17-18-9-10-22(17)13(3)16-19-15(20-21-16)11-14-7-5-4-6-8-14/h4-10,12-13H,11H2,1-3H3,(H,19,20,21)/t13-/m0/s1. The molecule has 0 amide bonds. The Hall–Kier alpha value is -2.43. The SMILES string of the molecule is CC(C)c1nccn1[C@@H](C)c1n[nH]c(Cc2ccccc2)n1. The molecule has 0 spiro atoms. The summed E-state index contributed by atoms with van der Waals surface area (Å²) >= 11 is 0. The second kappa shape index (κ2) is 6.13. The highest BCUT2D eigenvalue weighted by atomic mass is 15.2. The number of H-pyrrole nitrogens is 1. The van der Waals surface area contributed by atoms with Crippen molar-refractivity contribution < 1.29 is 0 Å². The summed E-state index contributed by atoms with van der Waals surface area (Å²) in [6.45, 7) is 6.39. The molecule has 2 aromatic heterocycles. The van der Waals surface area contributed by atoms with Crippen LogP contribution in [0.1, 0.15) is 55.8 Å².